The van der Waals surface area contributed by atoms with Crippen LogP contribution in [0.15, 0.2) is 35.4 Å². The zero-order valence-corrected chi connectivity index (χ0v) is 24.1. The first-order valence-corrected chi connectivity index (χ1v) is 14.6. The molecule has 11 nitrogen and oxygen atoms in total. The van der Waals surface area contributed by atoms with Crippen molar-refractivity contribution in [1.82, 2.24) is 9.62 Å². The lowest BCUT2D eigenvalue weighted by Gasteiger charge is -2.32. The Hall–Kier alpha value is -2.28. The van der Waals surface area contributed by atoms with Crippen molar-refractivity contribution >= 4 is 29.7 Å². The van der Waals surface area contributed by atoms with E-state index in [2.05, 4.69) is 14.7 Å². The van der Waals surface area contributed by atoms with Crippen molar-refractivity contribution in [3.05, 3.63) is 46.3 Å². The van der Waals surface area contributed by atoms with Crippen molar-refractivity contribution in [3.8, 4) is 0 Å². The van der Waals surface area contributed by atoms with Gasteiger partial charge in [-0.2, -0.15) is 0 Å². The van der Waals surface area contributed by atoms with Gasteiger partial charge >= 0.3 is 18.3 Å². The number of carbonyl (C=O) groups excluding carboxylic acids is 2. The van der Waals surface area contributed by atoms with Crippen LogP contribution in [-0.4, -0.2) is 64.7 Å². The summed E-state index contributed by atoms with van der Waals surface area (Å²) in [7, 11) is 1.09. The number of fused-ring (bicyclic) bond motifs is 1. The van der Waals surface area contributed by atoms with Crippen molar-refractivity contribution < 1.29 is 28.2 Å². The van der Waals surface area contributed by atoms with Crippen LogP contribution in [0.3, 0.4) is 0 Å². The maximum atomic E-state index is 13.7. The highest BCUT2D eigenvalue weighted by Gasteiger charge is 2.61. The molecule has 3 unspecified atom stereocenters. The lowest BCUT2D eigenvalue weighted by atomic mass is 9.75. The molecule has 5 atom stereocenters. The van der Waals surface area contributed by atoms with Gasteiger partial charge in [0, 0.05) is 25.0 Å². The van der Waals surface area contributed by atoms with Gasteiger partial charge in [0.05, 0.1) is 11.2 Å². The van der Waals surface area contributed by atoms with Crippen LogP contribution in [0.25, 0.3) is 10.4 Å². The predicted molar refractivity (Wildman–Crippen MR) is 147 cm³/mol. The Kier molecular flexibility index (Phi) is 8.90. The molecule has 1 amide bonds. The summed E-state index contributed by atoms with van der Waals surface area (Å²) in [6.45, 7) is 8.77. The smallest absolute Gasteiger partial charge is 0.457 e. The number of carbonyl (C=O) groups is 2. The molecule has 0 aromatic heterocycles. The predicted octanol–water partition coefficient (Wildman–Crippen LogP) is 4.22. The summed E-state index contributed by atoms with van der Waals surface area (Å²) in [5.41, 5.74) is 8.13. The average molecular weight is 559 g/mol. The Morgan fingerprint density at radius 3 is 2.51 bits per heavy atom. The summed E-state index contributed by atoms with van der Waals surface area (Å²) in [5, 5.41) is 3.63. The number of benzene rings is 1. The van der Waals surface area contributed by atoms with E-state index in [0.717, 1.165) is 5.56 Å². The first-order chi connectivity index (χ1) is 18.4. The van der Waals surface area contributed by atoms with E-state index in [1.807, 2.05) is 58.0 Å². The quantitative estimate of drug-likeness (QED) is 0.119. The number of hydrogen-bond acceptors (Lipinski definition) is 8. The number of amides is 1. The van der Waals surface area contributed by atoms with Crippen molar-refractivity contribution in [2.75, 3.05) is 20.1 Å². The SMILES string of the molecule is CN[S+]([O-])C(=O)N1C[C@@H]2CC(N=[N+]=[N-])(C(=O)OCc3ccccc3)C(CCCB3OC(C)(C)C(C)(C)O3)[C@@H]2C1. The molecule has 3 fully saturated rings. The third-order valence-electron chi connectivity index (χ3n) is 8.84. The van der Waals surface area contributed by atoms with E-state index in [-0.39, 0.29) is 37.9 Å². The molecule has 39 heavy (non-hydrogen) atoms. The maximum Gasteiger partial charge on any atom is 0.457 e. The molecule has 2 heterocycles. The topological polar surface area (TPSA) is 149 Å². The van der Waals surface area contributed by atoms with Crippen LogP contribution in [0.1, 0.15) is 52.5 Å². The fourth-order valence-corrected chi connectivity index (χ4v) is 6.74. The first-order valence-electron chi connectivity index (χ1n) is 13.4. The second kappa shape index (κ2) is 11.7. The number of ether oxygens (including phenoxy) is 1. The monoisotopic (exact) mass is 559 g/mol. The fourth-order valence-electron chi connectivity index (χ4n) is 6.19. The van der Waals surface area contributed by atoms with Crippen LogP contribution in [-0.2, 0) is 36.8 Å². The van der Waals surface area contributed by atoms with E-state index in [0.29, 0.717) is 32.3 Å². The third-order valence-corrected chi connectivity index (χ3v) is 9.79. The molecule has 1 aliphatic carbocycles. The van der Waals surface area contributed by atoms with E-state index >= 15 is 0 Å². The Morgan fingerprint density at radius 1 is 1.23 bits per heavy atom. The first kappa shape index (κ1) is 29.7. The summed E-state index contributed by atoms with van der Waals surface area (Å²) in [4.78, 5) is 31.0. The maximum absolute atomic E-state index is 13.7. The normalized spacial score (nSPS) is 29.5. The molecule has 0 spiro atoms. The van der Waals surface area contributed by atoms with E-state index in [1.165, 1.54) is 7.05 Å². The summed E-state index contributed by atoms with van der Waals surface area (Å²) in [6.07, 6.45) is 2.10. The largest absolute Gasteiger partial charge is 0.589 e. The second-order valence-electron chi connectivity index (χ2n) is 11.7. The van der Waals surface area contributed by atoms with Crippen LogP contribution < -0.4 is 4.72 Å². The lowest BCUT2D eigenvalue weighted by Crippen LogP contribution is -2.46. The highest BCUT2D eigenvalue weighted by atomic mass is 32.2. The van der Waals surface area contributed by atoms with Gasteiger partial charge in [-0.25, -0.2) is 4.79 Å². The van der Waals surface area contributed by atoms with Crippen LogP contribution in [0.4, 0.5) is 4.79 Å². The average Bonchev–Trinajstić information content (AvgIpc) is 3.49. The molecule has 2 saturated heterocycles. The Balaban J connectivity index is 1.53. The zero-order valence-electron chi connectivity index (χ0n) is 23.3. The highest BCUT2D eigenvalue weighted by molar-refractivity contribution is 8.04. The van der Waals surface area contributed by atoms with Crippen molar-refractivity contribution in [3.63, 3.8) is 0 Å². The summed E-state index contributed by atoms with van der Waals surface area (Å²) >= 11 is -1.83. The number of likely N-dealkylation sites (tertiary alicyclic amines) is 1. The van der Waals surface area contributed by atoms with Gasteiger partial charge < -0.3 is 18.6 Å². The number of esters is 1. The second-order valence-corrected chi connectivity index (χ2v) is 13.0. The molecule has 1 N–H and O–H groups in total. The van der Waals surface area contributed by atoms with Gasteiger partial charge in [-0.05, 0) is 75.7 Å². The molecule has 212 valence electrons. The molecule has 0 radical (unpaired) electrons. The molecule has 4 rings (SSSR count). The molecular formula is C26H38BN5O6S. The standard InChI is InChI=1S/C26H38BN5O6S/c1-24(2)25(3,4)38-27(37-24)13-9-12-21-20-16-32(23(34)39(35)29-5)15-19(20)14-26(21,30-31-28)22(33)36-17-18-10-7-6-8-11-18/h6-8,10-11,19-21,29H,9,12-17H2,1-5H3/t19-,20+,21?,26?,39?/m0/s1. The number of rotatable bonds is 9. The van der Waals surface area contributed by atoms with Crippen LogP contribution in [0.2, 0.25) is 6.32 Å². The van der Waals surface area contributed by atoms with Crippen molar-refractivity contribution in [2.45, 2.75) is 76.6 Å². The molecule has 1 aromatic rings. The van der Waals surface area contributed by atoms with E-state index in [4.69, 9.17) is 14.0 Å². The van der Waals surface area contributed by atoms with Gasteiger partial charge in [-0.15, -0.1) is 4.72 Å². The molecule has 13 heteroatoms. The Morgan fingerprint density at radius 2 is 1.90 bits per heavy atom. The minimum atomic E-state index is -1.83. The van der Waals surface area contributed by atoms with Gasteiger partial charge in [-0.3, -0.25) is 9.69 Å². The van der Waals surface area contributed by atoms with Gasteiger partial charge in [0.25, 0.3) is 0 Å². The minimum absolute atomic E-state index is 0.0735. The zero-order chi connectivity index (χ0) is 28.4. The van der Waals surface area contributed by atoms with E-state index < -0.39 is 39.3 Å². The van der Waals surface area contributed by atoms with Crippen LogP contribution >= 0.6 is 0 Å². The van der Waals surface area contributed by atoms with Gasteiger partial charge in [-0.1, -0.05) is 41.9 Å². The Bertz CT molecular complexity index is 1090. The lowest BCUT2D eigenvalue weighted by molar-refractivity contribution is -0.153. The van der Waals surface area contributed by atoms with Crippen molar-refractivity contribution in [2.24, 2.45) is 22.9 Å². The summed E-state index contributed by atoms with van der Waals surface area (Å²) in [6, 6.07) is 9.35. The van der Waals surface area contributed by atoms with Crippen LogP contribution in [0, 0.1) is 17.8 Å². The van der Waals surface area contributed by atoms with E-state index in [1.54, 1.807) is 4.90 Å². The molecule has 1 aromatic carbocycles. The van der Waals surface area contributed by atoms with Gasteiger partial charge in [0.2, 0.25) is 0 Å². The molecule has 0 bridgehead atoms. The number of azide groups is 1. The molecule has 2 aliphatic heterocycles. The minimum Gasteiger partial charge on any atom is -0.589 e. The molecule has 1 saturated carbocycles. The molecular weight excluding hydrogens is 521 g/mol. The number of nitrogens with zero attached hydrogens (tertiary/aromatic N) is 4. The third kappa shape index (κ3) is 5.94. The summed E-state index contributed by atoms with van der Waals surface area (Å²) in [5.74, 6) is -1.09. The Labute approximate surface area is 233 Å². The number of hydrogen-bond donors (Lipinski definition) is 1. The van der Waals surface area contributed by atoms with Crippen molar-refractivity contribution in [1.29, 1.82) is 0 Å². The highest BCUT2D eigenvalue weighted by Crippen LogP contribution is 2.53. The summed E-state index contributed by atoms with van der Waals surface area (Å²) < 4.78 is 32.6. The van der Waals surface area contributed by atoms with Gasteiger partial charge in [0.1, 0.15) is 23.5 Å². The van der Waals surface area contributed by atoms with Gasteiger partial charge in [0.15, 0.2) is 0 Å². The van der Waals surface area contributed by atoms with E-state index in [9.17, 15) is 19.7 Å². The fraction of sp³-hybridized carbons (Fsp3) is 0.692. The molecule has 3 aliphatic rings. The number of nitrogens with one attached hydrogen (secondary N) is 1. The van der Waals surface area contributed by atoms with Crippen LogP contribution in [0.5, 0.6) is 0 Å².